The highest BCUT2D eigenvalue weighted by molar-refractivity contribution is 6.06. The van der Waals surface area contributed by atoms with Gasteiger partial charge >= 0.3 is 0 Å². The zero-order chi connectivity index (χ0) is 34.1. The highest BCUT2D eigenvalue weighted by Gasteiger charge is 2.67. The normalized spacial score (nSPS) is 21.4. The summed E-state index contributed by atoms with van der Waals surface area (Å²) in [6.45, 7) is 5.39. The third-order valence-corrected chi connectivity index (χ3v) is 10.5. The Kier molecular flexibility index (Phi) is 7.12. The zero-order valence-electron chi connectivity index (χ0n) is 27.6. The average molecular weight is 668 g/mol. The molecule has 2 amide bonds. The van der Waals surface area contributed by atoms with Crippen LogP contribution >= 0.6 is 0 Å². The summed E-state index contributed by atoms with van der Waals surface area (Å²) in [5.74, 6) is -0.330. The molecule has 254 valence electrons. The molecule has 0 atom stereocenters. The Morgan fingerprint density at radius 3 is 2.55 bits per heavy atom. The van der Waals surface area contributed by atoms with Gasteiger partial charge in [-0.25, -0.2) is 9.97 Å². The molecule has 4 aromatic heterocycles. The number of phenolic OH excluding ortho intramolecular Hbond substituents is 1. The van der Waals surface area contributed by atoms with Gasteiger partial charge in [0.1, 0.15) is 29.1 Å². The van der Waals surface area contributed by atoms with Crippen molar-refractivity contribution in [3.63, 3.8) is 0 Å². The second-order valence-electron chi connectivity index (χ2n) is 13.4. The summed E-state index contributed by atoms with van der Waals surface area (Å²) in [5, 5.41) is 23.2. The van der Waals surface area contributed by atoms with Crippen LogP contribution in [-0.2, 0) is 17.8 Å². The van der Waals surface area contributed by atoms with Crippen LogP contribution in [0.15, 0.2) is 46.1 Å². The molecule has 5 heterocycles. The lowest BCUT2D eigenvalue weighted by molar-refractivity contribution is -0.166. The van der Waals surface area contributed by atoms with Crippen molar-refractivity contribution in [2.45, 2.75) is 58.0 Å². The van der Waals surface area contributed by atoms with Crippen LogP contribution in [0.5, 0.6) is 11.6 Å². The van der Waals surface area contributed by atoms with Crippen molar-refractivity contribution < 1.29 is 23.8 Å². The van der Waals surface area contributed by atoms with E-state index >= 15 is 0 Å². The zero-order valence-corrected chi connectivity index (χ0v) is 27.6. The first-order valence-corrected chi connectivity index (χ1v) is 16.6. The van der Waals surface area contributed by atoms with Crippen molar-refractivity contribution in [1.82, 2.24) is 39.7 Å². The lowest BCUT2D eigenvalue weighted by Crippen LogP contribution is -2.74. The van der Waals surface area contributed by atoms with Crippen LogP contribution in [0.4, 0.5) is 5.69 Å². The van der Waals surface area contributed by atoms with E-state index < -0.39 is 0 Å². The predicted octanol–water partition coefficient (Wildman–Crippen LogP) is 2.81. The first-order valence-electron chi connectivity index (χ1n) is 16.6. The quantitative estimate of drug-likeness (QED) is 0.237. The van der Waals surface area contributed by atoms with Crippen molar-refractivity contribution >= 4 is 39.8 Å². The molecule has 9 rings (SSSR count). The number of amides is 2. The van der Waals surface area contributed by atoms with E-state index in [4.69, 9.17) is 14.3 Å². The minimum atomic E-state index is -0.381. The summed E-state index contributed by atoms with van der Waals surface area (Å²) in [6, 6.07) is 6.40. The number of benzene rings is 1. The van der Waals surface area contributed by atoms with Crippen LogP contribution in [-0.4, -0.2) is 90.2 Å². The predicted molar refractivity (Wildman–Crippen MR) is 178 cm³/mol. The second-order valence-corrected chi connectivity index (χ2v) is 13.4. The fraction of sp³-hybridized carbons (Fsp3) is 0.441. The van der Waals surface area contributed by atoms with E-state index in [-0.39, 0.29) is 64.8 Å². The number of pyridine rings is 2. The Bertz CT molecular complexity index is 2180. The van der Waals surface area contributed by atoms with Crippen molar-refractivity contribution in [3.8, 4) is 17.3 Å². The maximum absolute atomic E-state index is 14.3. The Morgan fingerprint density at radius 2 is 1.84 bits per heavy atom. The molecule has 3 saturated carbocycles. The first kappa shape index (κ1) is 30.8. The Balaban J connectivity index is 1.14. The number of ether oxygens (including phenoxy) is 1. The topological polar surface area (TPSA) is 174 Å². The van der Waals surface area contributed by atoms with Crippen LogP contribution in [0.25, 0.3) is 28.0 Å². The number of fused-ring (bicyclic) bond motifs is 2. The lowest BCUT2D eigenvalue weighted by atomic mass is 9.38. The summed E-state index contributed by atoms with van der Waals surface area (Å²) >= 11 is 0. The smallest absolute Gasteiger partial charge is 0.261 e. The van der Waals surface area contributed by atoms with Crippen LogP contribution < -0.4 is 20.4 Å². The van der Waals surface area contributed by atoms with Gasteiger partial charge in [0, 0.05) is 49.7 Å². The fourth-order valence-electron chi connectivity index (χ4n) is 8.13. The van der Waals surface area contributed by atoms with E-state index in [0.717, 1.165) is 25.7 Å². The Labute approximate surface area is 280 Å². The molecule has 4 aliphatic rings. The van der Waals surface area contributed by atoms with Gasteiger partial charge < -0.3 is 33.9 Å². The molecule has 0 unspecified atom stereocenters. The fourth-order valence-corrected chi connectivity index (χ4v) is 8.13. The summed E-state index contributed by atoms with van der Waals surface area (Å²) in [7, 11) is 1.51. The standard InChI is InChI=1S/C34H37N9O6/c1-4-22-28(40-10-12-41(13-11-40)32(47)26-23(44)7-6-21-30(26)49-19-36-21)29(46)27-31(39-43(38-27)20-8-9-35-25(14-20)48-3)42(22)15-24(45)37-34-16-33(5-2,17-34)18-34/h6-9,14,19,44H,4-5,10-13,15-18H2,1-3H3,(H,37,45). The number of piperazine rings is 1. The number of nitrogens with one attached hydrogen (secondary N) is 1. The molecule has 2 N–H and O–H groups in total. The van der Waals surface area contributed by atoms with E-state index in [1.165, 1.54) is 24.4 Å². The molecule has 5 aromatic rings. The lowest BCUT2D eigenvalue weighted by Gasteiger charge is -2.70. The van der Waals surface area contributed by atoms with Crippen molar-refractivity contribution in [1.29, 1.82) is 0 Å². The van der Waals surface area contributed by atoms with Gasteiger partial charge in [-0.2, -0.15) is 0 Å². The van der Waals surface area contributed by atoms with Crippen LogP contribution in [0.3, 0.4) is 0 Å². The molecule has 0 spiro atoms. The van der Waals surface area contributed by atoms with Crippen molar-refractivity contribution in [2.75, 3.05) is 38.2 Å². The number of nitrogens with zero attached hydrogens (tertiary/aromatic N) is 8. The molecule has 0 radical (unpaired) electrons. The third-order valence-electron chi connectivity index (χ3n) is 10.5. The van der Waals surface area contributed by atoms with Gasteiger partial charge in [-0.1, -0.05) is 20.3 Å². The monoisotopic (exact) mass is 667 g/mol. The average Bonchev–Trinajstić information content (AvgIpc) is 3.75. The number of carbonyl (C=O) groups is 2. The number of hydrogen-bond donors (Lipinski definition) is 2. The molecule has 1 aliphatic heterocycles. The van der Waals surface area contributed by atoms with Gasteiger partial charge in [0.2, 0.25) is 17.2 Å². The summed E-state index contributed by atoms with van der Waals surface area (Å²) in [4.78, 5) is 54.8. The van der Waals surface area contributed by atoms with E-state index in [9.17, 15) is 19.5 Å². The van der Waals surface area contributed by atoms with E-state index in [2.05, 4.69) is 27.3 Å². The first-order chi connectivity index (χ1) is 23.7. The highest BCUT2D eigenvalue weighted by Crippen LogP contribution is 2.68. The minimum absolute atomic E-state index is 0.0227. The number of hydrogen-bond acceptors (Lipinski definition) is 11. The Morgan fingerprint density at radius 1 is 1.06 bits per heavy atom. The summed E-state index contributed by atoms with van der Waals surface area (Å²) in [5.41, 5.74) is 2.78. The number of phenols is 1. The Hall–Kier alpha value is -5.47. The number of anilines is 1. The van der Waals surface area contributed by atoms with Crippen LogP contribution in [0, 0.1) is 5.41 Å². The van der Waals surface area contributed by atoms with Gasteiger partial charge in [-0.3, -0.25) is 14.4 Å². The number of oxazole rings is 1. The van der Waals surface area contributed by atoms with Crippen LogP contribution in [0.2, 0.25) is 0 Å². The van der Waals surface area contributed by atoms with Gasteiger partial charge in [0.15, 0.2) is 23.1 Å². The SMILES string of the molecule is CCc1c(N2CCN(C(=O)c3c(O)ccc4ncoc34)CC2)c(=O)c2nn(-c3ccnc(OC)c3)nc2n1CC(=O)NC12CC(CC)(C1)C2. The van der Waals surface area contributed by atoms with Gasteiger partial charge in [-0.15, -0.1) is 15.0 Å². The van der Waals surface area contributed by atoms with E-state index in [1.54, 1.807) is 29.3 Å². The van der Waals surface area contributed by atoms with E-state index in [1.807, 2.05) is 16.4 Å². The molecule has 3 aliphatic carbocycles. The molecular weight excluding hydrogens is 630 g/mol. The van der Waals surface area contributed by atoms with Crippen molar-refractivity contribution in [2.24, 2.45) is 5.41 Å². The number of carbonyl (C=O) groups excluding carboxylic acids is 2. The van der Waals surface area contributed by atoms with Crippen LogP contribution in [0.1, 0.15) is 55.6 Å². The molecular formula is C34H37N9O6. The number of aromatic nitrogens is 6. The largest absolute Gasteiger partial charge is 0.507 e. The molecule has 2 bridgehead atoms. The number of rotatable bonds is 9. The molecule has 4 fully saturated rings. The third kappa shape index (κ3) is 4.89. The number of aromatic hydroxyl groups is 1. The molecule has 1 aromatic carbocycles. The van der Waals surface area contributed by atoms with Crippen molar-refractivity contribution in [3.05, 3.63) is 58.3 Å². The van der Waals surface area contributed by atoms with Gasteiger partial charge in [-0.05, 0) is 49.3 Å². The molecule has 15 nitrogen and oxygen atoms in total. The van der Waals surface area contributed by atoms with Gasteiger partial charge in [0.25, 0.3) is 5.91 Å². The highest BCUT2D eigenvalue weighted by atomic mass is 16.5. The maximum atomic E-state index is 14.3. The molecule has 15 heteroatoms. The minimum Gasteiger partial charge on any atom is -0.507 e. The molecule has 1 saturated heterocycles. The summed E-state index contributed by atoms with van der Waals surface area (Å²) in [6.07, 6.45) is 7.38. The van der Waals surface area contributed by atoms with E-state index in [0.29, 0.717) is 59.0 Å². The molecule has 49 heavy (non-hydrogen) atoms. The van der Waals surface area contributed by atoms with Gasteiger partial charge in [0.05, 0.1) is 12.8 Å². The second kappa shape index (κ2) is 11.3. The maximum Gasteiger partial charge on any atom is 0.261 e. The number of methoxy groups -OCH3 is 1. The summed E-state index contributed by atoms with van der Waals surface area (Å²) < 4.78 is 12.5.